The fourth-order valence-electron chi connectivity index (χ4n) is 1.46. The highest BCUT2D eigenvalue weighted by molar-refractivity contribution is 5.27. The number of nitrogens with zero attached hydrogens (tertiary/aromatic N) is 2. The minimum Gasteiger partial charge on any atom is -0.380 e. The van der Waals surface area contributed by atoms with Gasteiger partial charge in [-0.15, -0.1) is 0 Å². The van der Waals surface area contributed by atoms with Crippen LogP contribution in [0.3, 0.4) is 0 Å². The van der Waals surface area contributed by atoms with Gasteiger partial charge in [-0.2, -0.15) is 0 Å². The predicted octanol–water partition coefficient (Wildman–Crippen LogP) is 2.57. The third-order valence-corrected chi connectivity index (χ3v) is 2.35. The molecule has 4 heteroatoms. The molecule has 4 nitrogen and oxygen atoms in total. The van der Waals surface area contributed by atoms with Gasteiger partial charge in [-0.3, -0.25) is 0 Å². The zero-order valence-corrected chi connectivity index (χ0v) is 11.3. The van der Waals surface area contributed by atoms with Crippen molar-refractivity contribution in [1.29, 1.82) is 0 Å². The molecular weight excluding hydrogens is 214 g/mol. The van der Waals surface area contributed by atoms with Crippen molar-refractivity contribution < 1.29 is 4.74 Å². The molecule has 0 amide bonds. The van der Waals surface area contributed by atoms with Gasteiger partial charge in [0.05, 0.1) is 6.61 Å². The predicted molar refractivity (Wildman–Crippen MR) is 70.3 cm³/mol. The van der Waals surface area contributed by atoms with Crippen LogP contribution in [-0.2, 0) is 4.74 Å². The molecule has 0 spiro atoms. The Labute approximate surface area is 104 Å². The zero-order valence-electron chi connectivity index (χ0n) is 11.3. The Morgan fingerprint density at radius 3 is 2.41 bits per heavy atom. The van der Waals surface area contributed by atoms with E-state index in [0.717, 1.165) is 31.0 Å². The standard InChI is InChI=1S/C13H23N3O/c1-10(2)5-7-17-8-6-14-13-15-11(3)9-12(4)16-13/h9-10H,5-8H2,1-4H3,(H,14,15,16). The number of aromatic nitrogens is 2. The molecule has 0 saturated heterocycles. The van der Waals surface area contributed by atoms with Crippen molar-refractivity contribution in [2.45, 2.75) is 34.1 Å². The highest BCUT2D eigenvalue weighted by Gasteiger charge is 1.98. The van der Waals surface area contributed by atoms with Crippen LogP contribution in [0.25, 0.3) is 0 Å². The molecule has 0 atom stereocenters. The third-order valence-electron chi connectivity index (χ3n) is 2.35. The lowest BCUT2D eigenvalue weighted by Crippen LogP contribution is -2.13. The van der Waals surface area contributed by atoms with Crippen molar-refractivity contribution in [2.24, 2.45) is 5.92 Å². The molecule has 1 N–H and O–H groups in total. The number of aryl methyl sites for hydroxylation is 2. The van der Waals surface area contributed by atoms with Crippen LogP contribution in [0, 0.1) is 19.8 Å². The Morgan fingerprint density at radius 2 is 1.82 bits per heavy atom. The molecule has 1 rings (SSSR count). The molecule has 0 fully saturated rings. The van der Waals surface area contributed by atoms with Gasteiger partial charge in [0.2, 0.25) is 5.95 Å². The quantitative estimate of drug-likeness (QED) is 0.740. The molecule has 1 heterocycles. The average Bonchev–Trinajstić information content (AvgIpc) is 2.21. The Kier molecular flexibility index (Phi) is 5.91. The lowest BCUT2D eigenvalue weighted by atomic mass is 10.1. The molecule has 96 valence electrons. The summed E-state index contributed by atoms with van der Waals surface area (Å²) >= 11 is 0. The summed E-state index contributed by atoms with van der Waals surface area (Å²) in [4.78, 5) is 8.60. The van der Waals surface area contributed by atoms with E-state index in [1.54, 1.807) is 0 Å². The first-order chi connectivity index (χ1) is 8.08. The lowest BCUT2D eigenvalue weighted by Gasteiger charge is -2.08. The molecule has 1 aromatic heterocycles. The molecule has 17 heavy (non-hydrogen) atoms. The van der Waals surface area contributed by atoms with Gasteiger partial charge in [0.1, 0.15) is 0 Å². The monoisotopic (exact) mass is 237 g/mol. The van der Waals surface area contributed by atoms with Gasteiger partial charge in [-0.1, -0.05) is 13.8 Å². The van der Waals surface area contributed by atoms with E-state index in [9.17, 15) is 0 Å². The topological polar surface area (TPSA) is 47.0 Å². The second-order valence-electron chi connectivity index (χ2n) is 4.70. The fraction of sp³-hybridized carbons (Fsp3) is 0.692. The van der Waals surface area contributed by atoms with E-state index >= 15 is 0 Å². The summed E-state index contributed by atoms with van der Waals surface area (Å²) in [5.74, 6) is 1.39. The Morgan fingerprint density at radius 1 is 1.18 bits per heavy atom. The van der Waals surface area contributed by atoms with E-state index in [2.05, 4.69) is 29.1 Å². The van der Waals surface area contributed by atoms with Crippen LogP contribution in [0.4, 0.5) is 5.95 Å². The summed E-state index contributed by atoms with van der Waals surface area (Å²) in [5.41, 5.74) is 1.97. The van der Waals surface area contributed by atoms with Crippen molar-refractivity contribution in [1.82, 2.24) is 9.97 Å². The van der Waals surface area contributed by atoms with Crippen LogP contribution in [0.5, 0.6) is 0 Å². The van der Waals surface area contributed by atoms with E-state index in [4.69, 9.17) is 4.74 Å². The van der Waals surface area contributed by atoms with Crippen LogP contribution < -0.4 is 5.32 Å². The van der Waals surface area contributed by atoms with E-state index in [1.165, 1.54) is 0 Å². The summed E-state index contributed by atoms with van der Waals surface area (Å²) in [6, 6.07) is 1.96. The van der Waals surface area contributed by atoms with Gasteiger partial charge in [0.25, 0.3) is 0 Å². The molecular formula is C13H23N3O. The normalized spacial score (nSPS) is 10.9. The first-order valence-corrected chi connectivity index (χ1v) is 6.22. The molecule has 0 aliphatic carbocycles. The van der Waals surface area contributed by atoms with E-state index in [-0.39, 0.29) is 0 Å². The maximum Gasteiger partial charge on any atom is 0.223 e. The SMILES string of the molecule is Cc1cc(C)nc(NCCOCCC(C)C)n1. The van der Waals surface area contributed by atoms with Crippen molar-refractivity contribution in [2.75, 3.05) is 25.1 Å². The number of ether oxygens (including phenoxy) is 1. The summed E-state index contributed by atoms with van der Waals surface area (Å²) in [6.45, 7) is 10.6. The molecule has 0 aliphatic heterocycles. The number of hydrogen-bond donors (Lipinski definition) is 1. The number of rotatable bonds is 7. The Hall–Kier alpha value is -1.16. The maximum absolute atomic E-state index is 5.51. The van der Waals surface area contributed by atoms with Gasteiger partial charge in [0, 0.05) is 24.5 Å². The molecule has 0 bridgehead atoms. The van der Waals surface area contributed by atoms with Gasteiger partial charge < -0.3 is 10.1 Å². The Bertz CT molecular complexity index is 319. The van der Waals surface area contributed by atoms with Crippen LogP contribution in [0.1, 0.15) is 31.7 Å². The van der Waals surface area contributed by atoms with Gasteiger partial charge in [-0.05, 0) is 32.3 Å². The molecule has 0 radical (unpaired) electrons. The summed E-state index contributed by atoms with van der Waals surface area (Å²) in [6.07, 6.45) is 1.11. The Balaban J connectivity index is 2.18. The number of hydrogen-bond acceptors (Lipinski definition) is 4. The van der Waals surface area contributed by atoms with Crippen LogP contribution in [-0.4, -0.2) is 29.7 Å². The minimum absolute atomic E-state index is 0.690. The number of nitrogens with one attached hydrogen (secondary N) is 1. The highest BCUT2D eigenvalue weighted by Crippen LogP contribution is 2.03. The van der Waals surface area contributed by atoms with Crippen LogP contribution >= 0.6 is 0 Å². The summed E-state index contributed by atoms with van der Waals surface area (Å²) in [5, 5.41) is 3.17. The molecule has 1 aromatic rings. The number of anilines is 1. The average molecular weight is 237 g/mol. The lowest BCUT2D eigenvalue weighted by molar-refractivity contribution is 0.132. The second-order valence-corrected chi connectivity index (χ2v) is 4.70. The first-order valence-electron chi connectivity index (χ1n) is 6.22. The summed E-state index contributed by atoms with van der Waals surface area (Å²) in [7, 11) is 0. The zero-order chi connectivity index (χ0) is 12.7. The molecule has 0 saturated carbocycles. The first kappa shape index (κ1) is 13.9. The van der Waals surface area contributed by atoms with Crippen molar-refractivity contribution in [3.05, 3.63) is 17.5 Å². The van der Waals surface area contributed by atoms with E-state index in [0.29, 0.717) is 18.5 Å². The van der Waals surface area contributed by atoms with Crippen molar-refractivity contribution in [3.8, 4) is 0 Å². The minimum atomic E-state index is 0.690. The fourth-order valence-corrected chi connectivity index (χ4v) is 1.46. The summed E-state index contributed by atoms with van der Waals surface area (Å²) < 4.78 is 5.51. The van der Waals surface area contributed by atoms with Crippen LogP contribution in [0.15, 0.2) is 6.07 Å². The van der Waals surface area contributed by atoms with Gasteiger partial charge >= 0.3 is 0 Å². The van der Waals surface area contributed by atoms with Crippen LogP contribution in [0.2, 0.25) is 0 Å². The van der Waals surface area contributed by atoms with E-state index in [1.807, 2.05) is 19.9 Å². The van der Waals surface area contributed by atoms with Gasteiger partial charge in [-0.25, -0.2) is 9.97 Å². The molecule has 0 unspecified atom stereocenters. The van der Waals surface area contributed by atoms with E-state index < -0.39 is 0 Å². The van der Waals surface area contributed by atoms with Crippen molar-refractivity contribution in [3.63, 3.8) is 0 Å². The van der Waals surface area contributed by atoms with Gasteiger partial charge in [0.15, 0.2) is 0 Å². The largest absolute Gasteiger partial charge is 0.380 e. The maximum atomic E-state index is 5.51. The molecule has 0 aromatic carbocycles. The highest BCUT2D eigenvalue weighted by atomic mass is 16.5. The van der Waals surface area contributed by atoms with Crippen molar-refractivity contribution >= 4 is 5.95 Å². The molecule has 0 aliphatic rings. The third kappa shape index (κ3) is 6.22. The smallest absolute Gasteiger partial charge is 0.223 e. The second kappa shape index (κ2) is 7.22.